The molecule has 0 fully saturated rings. The minimum atomic E-state index is -0.437. The summed E-state index contributed by atoms with van der Waals surface area (Å²) >= 11 is 0. The number of hydrogen-bond donors (Lipinski definition) is 2. The zero-order chi connectivity index (χ0) is 17.9. The van der Waals surface area contributed by atoms with Gasteiger partial charge in [0.1, 0.15) is 12.0 Å². The fourth-order valence-corrected chi connectivity index (χ4v) is 2.30. The van der Waals surface area contributed by atoms with E-state index in [9.17, 15) is 9.50 Å². The van der Waals surface area contributed by atoms with Gasteiger partial charge in [0.15, 0.2) is 0 Å². The topological polar surface area (TPSA) is 47.9 Å². The molecule has 0 radical (unpaired) electrons. The largest absolute Gasteiger partial charge is 0.378 e. The lowest BCUT2D eigenvalue weighted by Gasteiger charge is -2.21. The smallest absolute Gasteiger partial charge is 0.132 e. The van der Waals surface area contributed by atoms with E-state index in [2.05, 4.69) is 29.1 Å². The van der Waals surface area contributed by atoms with Crippen LogP contribution in [0, 0.1) is 18.7 Å². The van der Waals surface area contributed by atoms with Gasteiger partial charge < -0.3 is 5.11 Å². The van der Waals surface area contributed by atoms with Crippen LogP contribution in [0.3, 0.4) is 0 Å². The summed E-state index contributed by atoms with van der Waals surface area (Å²) in [5.41, 5.74) is 1.43. The number of rotatable bonds is 11. The fourth-order valence-electron chi connectivity index (χ4n) is 2.30. The predicted octanol–water partition coefficient (Wildman–Crippen LogP) is 3.18. The van der Waals surface area contributed by atoms with E-state index in [0.29, 0.717) is 12.2 Å². The van der Waals surface area contributed by atoms with Crippen LogP contribution in [0.25, 0.3) is 0 Å². The molecule has 4 nitrogen and oxygen atoms in total. The summed E-state index contributed by atoms with van der Waals surface area (Å²) in [6.45, 7) is 11.2. The van der Waals surface area contributed by atoms with Crippen molar-refractivity contribution in [3.8, 4) is 0 Å². The number of benzene rings is 1. The third-order valence-electron chi connectivity index (χ3n) is 4.30. The Morgan fingerprint density at radius 2 is 2.12 bits per heavy atom. The number of aliphatic imine (C=N–C) groups is 1. The first-order valence-electron chi connectivity index (χ1n) is 8.87. The lowest BCUT2D eigenvalue weighted by Crippen LogP contribution is -2.36. The Balaban J connectivity index is 2.33. The molecule has 0 aliphatic rings. The Morgan fingerprint density at radius 1 is 1.38 bits per heavy atom. The molecule has 0 bridgehead atoms. The number of aryl methyl sites for hydroxylation is 1. The van der Waals surface area contributed by atoms with Gasteiger partial charge >= 0.3 is 0 Å². The summed E-state index contributed by atoms with van der Waals surface area (Å²) in [5.74, 6) is 0.0336. The lowest BCUT2D eigenvalue weighted by molar-refractivity contribution is 0.0798. The Kier molecular flexibility index (Phi) is 9.76. The Bertz CT molecular complexity index is 507. The van der Waals surface area contributed by atoms with E-state index in [-0.39, 0.29) is 11.7 Å². The molecule has 2 unspecified atom stereocenters. The highest BCUT2D eigenvalue weighted by Crippen LogP contribution is 2.07. The van der Waals surface area contributed by atoms with Crippen molar-refractivity contribution >= 4 is 6.21 Å². The summed E-state index contributed by atoms with van der Waals surface area (Å²) in [5, 5.41) is 13.0. The maximum atomic E-state index is 13.7. The first-order chi connectivity index (χ1) is 11.5. The van der Waals surface area contributed by atoms with Crippen molar-refractivity contribution in [3.63, 3.8) is 0 Å². The van der Waals surface area contributed by atoms with Crippen LogP contribution in [-0.4, -0.2) is 48.8 Å². The van der Waals surface area contributed by atoms with Crippen molar-refractivity contribution in [1.82, 2.24) is 10.2 Å². The zero-order valence-corrected chi connectivity index (χ0v) is 15.4. The van der Waals surface area contributed by atoms with Crippen molar-refractivity contribution in [2.45, 2.75) is 46.8 Å². The molecule has 0 amide bonds. The van der Waals surface area contributed by atoms with Crippen molar-refractivity contribution in [2.24, 2.45) is 10.9 Å². The Hall–Kier alpha value is -1.30. The molecular weight excluding hydrogens is 305 g/mol. The summed E-state index contributed by atoms with van der Waals surface area (Å²) in [6.07, 6.45) is 3.06. The van der Waals surface area contributed by atoms with Gasteiger partial charge in [-0.05, 0) is 50.4 Å². The number of halogens is 1. The molecule has 2 atom stereocenters. The van der Waals surface area contributed by atoms with E-state index in [1.807, 2.05) is 19.9 Å². The van der Waals surface area contributed by atoms with Crippen LogP contribution in [0.2, 0.25) is 0 Å². The van der Waals surface area contributed by atoms with Gasteiger partial charge in [-0.1, -0.05) is 32.9 Å². The van der Waals surface area contributed by atoms with Crippen LogP contribution < -0.4 is 5.32 Å². The molecule has 0 spiro atoms. The molecule has 0 aromatic heterocycles. The molecular formula is C19H32FN3O. The van der Waals surface area contributed by atoms with E-state index in [1.54, 1.807) is 12.3 Å². The van der Waals surface area contributed by atoms with Crippen LogP contribution in [0.4, 0.5) is 4.39 Å². The third-order valence-corrected chi connectivity index (χ3v) is 4.30. The molecule has 0 saturated heterocycles. The minimum absolute atomic E-state index is 0.231. The molecule has 0 aliphatic heterocycles. The summed E-state index contributed by atoms with van der Waals surface area (Å²) in [4.78, 5) is 6.54. The Morgan fingerprint density at radius 3 is 2.75 bits per heavy atom. The van der Waals surface area contributed by atoms with Gasteiger partial charge in [0.2, 0.25) is 0 Å². The van der Waals surface area contributed by atoms with E-state index in [0.717, 1.165) is 38.0 Å². The molecule has 2 N–H and O–H groups in total. The van der Waals surface area contributed by atoms with Gasteiger partial charge in [-0.15, -0.1) is 0 Å². The highest BCUT2D eigenvalue weighted by Gasteiger charge is 2.10. The highest BCUT2D eigenvalue weighted by molar-refractivity contribution is 5.79. The van der Waals surface area contributed by atoms with Crippen molar-refractivity contribution in [1.29, 1.82) is 0 Å². The van der Waals surface area contributed by atoms with Crippen molar-refractivity contribution < 1.29 is 9.50 Å². The van der Waals surface area contributed by atoms with Crippen LogP contribution in [-0.2, 0) is 0 Å². The first-order valence-corrected chi connectivity index (χ1v) is 8.87. The fraction of sp³-hybridized carbons (Fsp3) is 0.632. The second-order valence-corrected chi connectivity index (χ2v) is 6.33. The number of aliphatic hydroxyl groups is 1. The van der Waals surface area contributed by atoms with E-state index in [4.69, 9.17) is 0 Å². The van der Waals surface area contributed by atoms with Gasteiger partial charge in [0.25, 0.3) is 0 Å². The molecule has 0 aliphatic carbocycles. The summed E-state index contributed by atoms with van der Waals surface area (Å²) in [7, 11) is 0. The molecule has 5 heteroatoms. The van der Waals surface area contributed by atoms with Gasteiger partial charge in [0.05, 0.1) is 6.67 Å². The lowest BCUT2D eigenvalue weighted by atomic mass is 10.1. The second-order valence-electron chi connectivity index (χ2n) is 6.33. The molecule has 24 heavy (non-hydrogen) atoms. The van der Waals surface area contributed by atoms with Crippen LogP contribution in [0.5, 0.6) is 0 Å². The van der Waals surface area contributed by atoms with Gasteiger partial charge in [0, 0.05) is 18.3 Å². The van der Waals surface area contributed by atoms with E-state index >= 15 is 0 Å². The summed E-state index contributed by atoms with van der Waals surface area (Å²) in [6, 6.07) is 5.16. The highest BCUT2D eigenvalue weighted by atomic mass is 19.1. The zero-order valence-electron chi connectivity index (χ0n) is 15.4. The van der Waals surface area contributed by atoms with Crippen LogP contribution in [0.15, 0.2) is 23.2 Å². The molecule has 1 aromatic rings. The van der Waals surface area contributed by atoms with Crippen molar-refractivity contribution in [2.75, 3.05) is 26.3 Å². The SMILES string of the molecule is CCC(C)C(O)NCCCN(CC)C/N=C/c1ccc(C)cc1F. The number of aliphatic hydroxyl groups excluding tert-OH is 1. The van der Waals surface area contributed by atoms with Gasteiger partial charge in [-0.3, -0.25) is 15.2 Å². The van der Waals surface area contributed by atoms with E-state index < -0.39 is 6.23 Å². The molecule has 1 rings (SSSR count). The minimum Gasteiger partial charge on any atom is -0.378 e. The maximum absolute atomic E-state index is 13.7. The molecule has 1 aromatic carbocycles. The number of hydrogen-bond acceptors (Lipinski definition) is 4. The quantitative estimate of drug-likeness (QED) is 0.370. The molecule has 136 valence electrons. The number of nitrogens with zero attached hydrogens (tertiary/aromatic N) is 2. The summed E-state index contributed by atoms with van der Waals surface area (Å²) < 4.78 is 13.7. The normalized spacial score (nSPS) is 14.5. The first kappa shape index (κ1) is 20.7. The van der Waals surface area contributed by atoms with Crippen LogP contribution >= 0.6 is 0 Å². The monoisotopic (exact) mass is 337 g/mol. The Labute approximate surface area is 145 Å². The maximum Gasteiger partial charge on any atom is 0.132 e. The van der Waals surface area contributed by atoms with Crippen LogP contribution in [0.1, 0.15) is 44.7 Å². The van der Waals surface area contributed by atoms with Gasteiger partial charge in [-0.2, -0.15) is 0 Å². The van der Waals surface area contributed by atoms with Gasteiger partial charge in [-0.25, -0.2) is 4.39 Å². The average molecular weight is 337 g/mol. The standard InChI is InChI=1S/C19H32FN3O/c1-5-16(4)19(24)22-10-7-11-23(6-2)14-21-13-17-9-8-15(3)12-18(17)20/h8-9,12-13,16,19,22,24H,5-7,10-11,14H2,1-4H3/b21-13+. The third kappa shape index (κ3) is 7.51. The second kappa shape index (κ2) is 11.3. The predicted molar refractivity (Wildman–Crippen MR) is 98.9 cm³/mol. The number of nitrogens with one attached hydrogen (secondary N) is 1. The molecule has 0 heterocycles. The average Bonchev–Trinajstić information content (AvgIpc) is 2.57. The van der Waals surface area contributed by atoms with Crippen molar-refractivity contribution in [3.05, 3.63) is 35.1 Å². The molecule has 0 saturated carbocycles. The van der Waals surface area contributed by atoms with E-state index in [1.165, 1.54) is 6.07 Å².